The molecule has 4 aromatic carbocycles. The van der Waals surface area contributed by atoms with Crippen LogP contribution in [0.5, 0.6) is 34.5 Å². The van der Waals surface area contributed by atoms with Crippen molar-refractivity contribution in [1.29, 1.82) is 0 Å². The molecule has 48 heavy (non-hydrogen) atoms. The first-order valence-electron chi connectivity index (χ1n) is 18.9. The number of rotatable bonds is 24. The molecule has 0 saturated carbocycles. The molecule has 0 atom stereocenters. The highest BCUT2D eigenvalue weighted by atomic mass is 16.5. The SMILES string of the molecule is CCCCCOc1cc2c(cc1OCCC)c1cc(OCCC)c(OCCCCC)cc1c1cc(OCCCCC)c(OCCC)cc21. The maximum Gasteiger partial charge on any atom is 0.161 e. The second-order valence-electron chi connectivity index (χ2n) is 12.7. The molecule has 0 amide bonds. The van der Waals surface area contributed by atoms with Crippen LogP contribution in [0.25, 0.3) is 32.3 Å². The standard InChI is InChI=1S/C42H60O6/c1-7-13-16-22-46-40-28-34-31(25-37(40)43-19-10-4)32-26-38(44-20-11-5)41(47-23-17-14-8-2)29-35(32)36-30-42(48-24-18-15-9-3)39(27-33(34)36)45-21-12-6/h25-30H,7-24H2,1-6H3. The Hall–Kier alpha value is -3.54. The van der Waals surface area contributed by atoms with Crippen molar-refractivity contribution in [2.75, 3.05) is 39.6 Å². The van der Waals surface area contributed by atoms with Crippen LogP contribution in [-0.2, 0) is 0 Å². The first-order valence-corrected chi connectivity index (χ1v) is 18.9. The summed E-state index contributed by atoms with van der Waals surface area (Å²) in [6.45, 7) is 16.9. The molecule has 0 aliphatic heterocycles. The summed E-state index contributed by atoms with van der Waals surface area (Å²) in [5.41, 5.74) is 0. The molecule has 6 heteroatoms. The van der Waals surface area contributed by atoms with Crippen LogP contribution in [-0.4, -0.2) is 39.6 Å². The lowest BCUT2D eigenvalue weighted by atomic mass is 9.93. The van der Waals surface area contributed by atoms with Gasteiger partial charge in [-0.15, -0.1) is 0 Å². The number of ether oxygens (including phenoxy) is 6. The van der Waals surface area contributed by atoms with Crippen molar-refractivity contribution in [3.05, 3.63) is 36.4 Å². The molecule has 0 aliphatic carbocycles. The Labute approximate surface area is 289 Å². The van der Waals surface area contributed by atoms with Crippen LogP contribution in [0.1, 0.15) is 119 Å². The predicted molar refractivity (Wildman–Crippen MR) is 201 cm³/mol. The van der Waals surface area contributed by atoms with E-state index in [9.17, 15) is 0 Å². The molecule has 0 aliphatic rings. The molecule has 264 valence electrons. The molecule has 0 unspecified atom stereocenters. The number of fused-ring (bicyclic) bond motifs is 6. The van der Waals surface area contributed by atoms with Crippen LogP contribution < -0.4 is 28.4 Å². The van der Waals surface area contributed by atoms with E-state index in [2.05, 4.69) is 77.9 Å². The summed E-state index contributed by atoms with van der Waals surface area (Å²) in [4.78, 5) is 0. The van der Waals surface area contributed by atoms with Gasteiger partial charge in [0, 0.05) is 0 Å². The molecule has 0 N–H and O–H groups in total. The Balaban J connectivity index is 2.02. The second kappa shape index (κ2) is 20.1. The van der Waals surface area contributed by atoms with E-state index in [0.29, 0.717) is 39.6 Å². The van der Waals surface area contributed by atoms with Crippen LogP contribution >= 0.6 is 0 Å². The maximum atomic E-state index is 6.44. The van der Waals surface area contributed by atoms with Gasteiger partial charge in [0.15, 0.2) is 34.5 Å². The molecule has 4 aromatic rings. The summed E-state index contributed by atoms with van der Waals surface area (Å²) in [6.07, 6.45) is 12.6. The lowest BCUT2D eigenvalue weighted by Crippen LogP contribution is -2.04. The summed E-state index contributed by atoms with van der Waals surface area (Å²) in [5.74, 6) is 4.66. The molecule has 6 nitrogen and oxygen atoms in total. The summed E-state index contributed by atoms with van der Waals surface area (Å²) in [7, 11) is 0. The van der Waals surface area contributed by atoms with Crippen molar-refractivity contribution < 1.29 is 28.4 Å². The molecule has 0 spiro atoms. The van der Waals surface area contributed by atoms with Gasteiger partial charge in [-0.3, -0.25) is 0 Å². The molecule has 0 aromatic heterocycles. The average molecular weight is 661 g/mol. The first kappa shape index (κ1) is 37.3. The van der Waals surface area contributed by atoms with Crippen molar-refractivity contribution in [2.45, 2.75) is 119 Å². The van der Waals surface area contributed by atoms with Crippen molar-refractivity contribution in [3.63, 3.8) is 0 Å². The summed E-state index contributed by atoms with van der Waals surface area (Å²) in [5, 5.41) is 6.52. The minimum absolute atomic E-state index is 0.622. The van der Waals surface area contributed by atoms with E-state index < -0.39 is 0 Å². The van der Waals surface area contributed by atoms with Crippen molar-refractivity contribution >= 4 is 32.3 Å². The van der Waals surface area contributed by atoms with Crippen LogP contribution in [0.2, 0.25) is 0 Å². The van der Waals surface area contributed by atoms with E-state index in [0.717, 1.165) is 144 Å². The first-order chi connectivity index (χ1) is 23.6. The van der Waals surface area contributed by atoms with Crippen LogP contribution in [0.15, 0.2) is 36.4 Å². The second-order valence-corrected chi connectivity index (χ2v) is 12.7. The number of unbranched alkanes of at least 4 members (excludes halogenated alkanes) is 6. The molecule has 0 fully saturated rings. The Kier molecular flexibility index (Phi) is 15.6. The lowest BCUT2D eigenvalue weighted by Gasteiger charge is -2.20. The maximum absolute atomic E-state index is 6.44. The quantitative estimate of drug-likeness (QED) is 0.0551. The van der Waals surface area contributed by atoms with E-state index >= 15 is 0 Å². The number of hydrogen-bond donors (Lipinski definition) is 0. The average Bonchev–Trinajstić information content (AvgIpc) is 3.11. The topological polar surface area (TPSA) is 55.4 Å². The van der Waals surface area contributed by atoms with Crippen molar-refractivity contribution in [3.8, 4) is 34.5 Å². The van der Waals surface area contributed by atoms with E-state index in [1.54, 1.807) is 0 Å². The van der Waals surface area contributed by atoms with Gasteiger partial charge in [-0.2, -0.15) is 0 Å². The summed E-state index contributed by atoms with van der Waals surface area (Å²) in [6, 6.07) is 13.0. The largest absolute Gasteiger partial charge is 0.490 e. The minimum Gasteiger partial charge on any atom is -0.490 e. The number of hydrogen-bond acceptors (Lipinski definition) is 6. The van der Waals surface area contributed by atoms with Gasteiger partial charge < -0.3 is 28.4 Å². The Bertz CT molecular complexity index is 1560. The van der Waals surface area contributed by atoms with Gasteiger partial charge in [0.1, 0.15) is 0 Å². The third-order valence-corrected chi connectivity index (χ3v) is 8.52. The third kappa shape index (κ3) is 9.76. The highest BCUT2D eigenvalue weighted by Crippen LogP contribution is 2.47. The van der Waals surface area contributed by atoms with Gasteiger partial charge in [-0.1, -0.05) is 80.1 Å². The zero-order valence-electron chi connectivity index (χ0n) is 30.6. The zero-order valence-corrected chi connectivity index (χ0v) is 30.6. The normalized spacial score (nSPS) is 11.4. The molecule has 0 bridgehead atoms. The summed E-state index contributed by atoms with van der Waals surface area (Å²) < 4.78 is 38.4. The molecule has 4 rings (SSSR count). The van der Waals surface area contributed by atoms with Gasteiger partial charge >= 0.3 is 0 Å². The molecule has 0 saturated heterocycles. The molecule has 0 radical (unpaired) electrons. The smallest absolute Gasteiger partial charge is 0.161 e. The zero-order chi connectivity index (χ0) is 34.1. The fourth-order valence-electron chi connectivity index (χ4n) is 5.93. The fraction of sp³-hybridized carbons (Fsp3) is 0.571. The fourth-order valence-corrected chi connectivity index (χ4v) is 5.93. The van der Waals surface area contributed by atoms with E-state index in [4.69, 9.17) is 28.4 Å². The van der Waals surface area contributed by atoms with Crippen LogP contribution in [0, 0.1) is 0 Å². The van der Waals surface area contributed by atoms with Crippen molar-refractivity contribution in [1.82, 2.24) is 0 Å². The molecular weight excluding hydrogens is 600 g/mol. The van der Waals surface area contributed by atoms with Gasteiger partial charge in [-0.25, -0.2) is 0 Å². The van der Waals surface area contributed by atoms with Gasteiger partial charge in [-0.05, 0) is 107 Å². The van der Waals surface area contributed by atoms with Crippen LogP contribution in [0.3, 0.4) is 0 Å². The van der Waals surface area contributed by atoms with Crippen molar-refractivity contribution in [2.24, 2.45) is 0 Å². The highest BCUT2D eigenvalue weighted by molar-refractivity contribution is 6.26. The van der Waals surface area contributed by atoms with Gasteiger partial charge in [0.2, 0.25) is 0 Å². The van der Waals surface area contributed by atoms with Gasteiger partial charge in [0.05, 0.1) is 39.6 Å². The number of benzene rings is 4. The van der Waals surface area contributed by atoms with Crippen LogP contribution in [0.4, 0.5) is 0 Å². The van der Waals surface area contributed by atoms with Gasteiger partial charge in [0.25, 0.3) is 0 Å². The molecular formula is C42H60O6. The lowest BCUT2D eigenvalue weighted by molar-refractivity contribution is 0.264. The van der Waals surface area contributed by atoms with E-state index in [1.165, 1.54) is 0 Å². The van der Waals surface area contributed by atoms with E-state index in [-0.39, 0.29) is 0 Å². The van der Waals surface area contributed by atoms with E-state index in [1.807, 2.05) is 0 Å². The Morgan fingerprint density at radius 1 is 0.271 bits per heavy atom. The highest BCUT2D eigenvalue weighted by Gasteiger charge is 2.20. The predicted octanol–water partition coefficient (Wildman–Crippen LogP) is 12.2. The molecule has 0 heterocycles. The monoisotopic (exact) mass is 660 g/mol. The Morgan fingerprint density at radius 2 is 0.479 bits per heavy atom. The minimum atomic E-state index is 0.622. The Morgan fingerprint density at radius 3 is 0.667 bits per heavy atom. The summed E-state index contributed by atoms with van der Waals surface area (Å²) >= 11 is 0. The third-order valence-electron chi connectivity index (χ3n) is 8.52.